The second-order valence-electron chi connectivity index (χ2n) is 6.46. The zero-order valence-corrected chi connectivity index (χ0v) is 15.5. The lowest BCUT2D eigenvalue weighted by Gasteiger charge is -2.28. The zero-order chi connectivity index (χ0) is 17.6. The van der Waals surface area contributed by atoms with Crippen molar-refractivity contribution in [1.82, 2.24) is 14.8 Å². The van der Waals surface area contributed by atoms with E-state index in [1.54, 1.807) is 0 Å². The van der Waals surface area contributed by atoms with Gasteiger partial charge in [-0.3, -0.25) is 9.36 Å². The number of rotatable bonds is 7. The van der Waals surface area contributed by atoms with Gasteiger partial charge in [0, 0.05) is 25.2 Å². The van der Waals surface area contributed by atoms with Gasteiger partial charge in [0.25, 0.3) is 0 Å². The summed E-state index contributed by atoms with van der Waals surface area (Å²) in [6, 6.07) is 9.38. The van der Waals surface area contributed by atoms with Crippen molar-refractivity contribution in [2.24, 2.45) is 5.92 Å². The lowest BCUT2D eigenvalue weighted by Crippen LogP contribution is -2.38. The highest BCUT2D eigenvalue weighted by Crippen LogP contribution is 2.24. The average Bonchev–Trinajstić information content (AvgIpc) is 3.03. The molecule has 0 N–H and O–H groups in total. The second kappa shape index (κ2) is 8.49. The first-order chi connectivity index (χ1) is 12.1. The maximum atomic E-state index is 12.4. The molecule has 0 aliphatic carbocycles. The Bertz CT molecular complexity index is 696. The third kappa shape index (κ3) is 4.61. The summed E-state index contributed by atoms with van der Waals surface area (Å²) in [7, 11) is 0. The highest BCUT2D eigenvalue weighted by molar-refractivity contribution is 7.99. The summed E-state index contributed by atoms with van der Waals surface area (Å²) in [5.41, 5.74) is 0.735. The van der Waals surface area contributed by atoms with Crippen LogP contribution in [0.3, 0.4) is 0 Å². The third-order valence-corrected chi connectivity index (χ3v) is 4.93. The van der Waals surface area contributed by atoms with Crippen molar-refractivity contribution in [1.29, 1.82) is 0 Å². The van der Waals surface area contributed by atoms with Crippen molar-refractivity contribution < 1.29 is 9.53 Å². The molecule has 7 heteroatoms. The third-order valence-electron chi connectivity index (χ3n) is 3.97. The molecular formula is C18H24N4O2S. The van der Waals surface area contributed by atoms with Gasteiger partial charge in [-0.2, -0.15) is 0 Å². The van der Waals surface area contributed by atoms with Gasteiger partial charge in [-0.1, -0.05) is 55.9 Å². The van der Waals surface area contributed by atoms with Gasteiger partial charge in [0.1, 0.15) is 0 Å². The van der Waals surface area contributed by atoms with E-state index < -0.39 is 0 Å². The molecule has 0 bridgehead atoms. The van der Waals surface area contributed by atoms with Gasteiger partial charge in [-0.15, -0.1) is 10.2 Å². The topological polar surface area (TPSA) is 60.2 Å². The predicted octanol–water partition coefficient (Wildman–Crippen LogP) is 2.75. The summed E-state index contributed by atoms with van der Waals surface area (Å²) in [5, 5.41) is 9.55. The lowest BCUT2D eigenvalue weighted by molar-refractivity contribution is 0.102. The van der Waals surface area contributed by atoms with Gasteiger partial charge >= 0.3 is 0 Å². The number of ether oxygens (including phenoxy) is 1. The Morgan fingerprint density at radius 3 is 2.60 bits per heavy atom. The van der Waals surface area contributed by atoms with Crippen LogP contribution >= 0.6 is 11.8 Å². The van der Waals surface area contributed by atoms with Crippen molar-refractivity contribution in [3.05, 3.63) is 35.9 Å². The van der Waals surface area contributed by atoms with E-state index in [2.05, 4.69) is 33.5 Å². The smallest absolute Gasteiger partial charge is 0.228 e. The van der Waals surface area contributed by atoms with E-state index in [4.69, 9.17) is 4.74 Å². The molecule has 2 heterocycles. The summed E-state index contributed by atoms with van der Waals surface area (Å²) >= 11 is 1.46. The maximum absolute atomic E-state index is 12.4. The standard InChI is InChI=1S/C18H24N4O2S/c1-14(2)12-22-17(21-8-10-24-11-9-21)19-20-18(22)25-13-16(23)15-6-4-3-5-7-15/h3-7,14H,8-13H2,1-2H3. The van der Waals surface area contributed by atoms with Crippen LogP contribution in [0.25, 0.3) is 0 Å². The van der Waals surface area contributed by atoms with Crippen LogP contribution in [0.4, 0.5) is 5.95 Å². The Kier molecular flexibility index (Phi) is 6.09. The predicted molar refractivity (Wildman–Crippen MR) is 99.4 cm³/mol. The van der Waals surface area contributed by atoms with Crippen molar-refractivity contribution in [3.63, 3.8) is 0 Å². The number of Topliss-reactive ketones (excluding diaryl/α,β-unsaturated/α-hetero) is 1. The van der Waals surface area contributed by atoms with Crippen LogP contribution in [-0.4, -0.2) is 52.6 Å². The minimum atomic E-state index is 0.109. The first-order valence-electron chi connectivity index (χ1n) is 8.62. The van der Waals surface area contributed by atoms with Crippen molar-refractivity contribution in [2.45, 2.75) is 25.5 Å². The van der Waals surface area contributed by atoms with Crippen LogP contribution < -0.4 is 4.90 Å². The first kappa shape index (κ1) is 17.9. The summed E-state index contributed by atoms with van der Waals surface area (Å²) in [6.07, 6.45) is 0. The van der Waals surface area contributed by atoms with E-state index >= 15 is 0 Å². The molecule has 1 saturated heterocycles. The largest absolute Gasteiger partial charge is 0.378 e. The van der Waals surface area contributed by atoms with Crippen LogP contribution in [-0.2, 0) is 11.3 Å². The quantitative estimate of drug-likeness (QED) is 0.559. The molecule has 1 aromatic carbocycles. The number of thioether (sulfide) groups is 1. The first-order valence-corrected chi connectivity index (χ1v) is 9.60. The Balaban J connectivity index is 1.73. The summed E-state index contributed by atoms with van der Waals surface area (Å²) in [4.78, 5) is 14.6. The Morgan fingerprint density at radius 1 is 1.20 bits per heavy atom. The van der Waals surface area contributed by atoms with Crippen LogP contribution in [0.15, 0.2) is 35.5 Å². The Labute approximate surface area is 152 Å². The molecule has 1 aliphatic rings. The summed E-state index contributed by atoms with van der Waals surface area (Å²) < 4.78 is 7.57. The lowest BCUT2D eigenvalue weighted by atomic mass is 10.2. The molecule has 134 valence electrons. The number of ketones is 1. The van der Waals surface area contributed by atoms with Crippen LogP contribution in [0.5, 0.6) is 0 Å². The Hall–Kier alpha value is -1.86. The van der Waals surface area contributed by atoms with Gasteiger partial charge < -0.3 is 9.64 Å². The molecular weight excluding hydrogens is 336 g/mol. The van der Waals surface area contributed by atoms with Gasteiger partial charge in [0.05, 0.1) is 19.0 Å². The normalized spacial score (nSPS) is 14.9. The van der Waals surface area contributed by atoms with Crippen LogP contribution in [0.2, 0.25) is 0 Å². The molecule has 1 aromatic heterocycles. The molecule has 0 atom stereocenters. The number of nitrogens with zero attached hydrogens (tertiary/aromatic N) is 4. The van der Waals surface area contributed by atoms with Gasteiger partial charge in [0.2, 0.25) is 5.95 Å². The highest BCUT2D eigenvalue weighted by atomic mass is 32.2. The summed E-state index contributed by atoms with van der Waals surface area (Å²) in [6.45, 7) is 8.25. The fourth-order valence-electron chi connectivity index (χ4n) is 2.75. The van der Waals surface area contributed by atoms with E-state index in [0.717, 1.165) is 36.3 Å². The summed E-state index contributed by atoms with van der Waals surface area (Å²) in [5.74, 6) is 1.83. The fraction of sp³-hybridized carbons (Fsp3) is 0.500. The number of benzene rings is 1. The number of carbonyl (C=O) groups excluding carboxylic acids is 1. The van der Waals surface area contributed by atoms with Crippen LogP contribution in [0, 0.1) is 5.92 Å². The molecule has 0 unspecified atom stereocenters. The minimum absolute atomic E-state index is 0.109. The molecule has 0 spiro atoms. The highest BCUT2D eigenvalue weighted by Gasteiger charge is 2.21. The van der Waals surface area contributed by atoms with Gasteiger partial charge in [-0.25, -0.2) is 0 Å². The molecule has 0 radical (unpaired) electrons. The number of morpholine rings is 1. The molecule has 1 fully saturated rings. The average molecular weight is 360 g/mol. The molecule has 3 rings (SSSR count). The molecule has 0 amide bonds. The van der Waals surface area contributed by atoms with Crippen molar-refractivity contribution >= 4 is 23.5 Å². The van der Waals surface area contributed by atoms with Crippen molar-refractivity contribution in [3.8, 4) is 0 Å². The number of hydrogen-bond acceptors (Lipinski definition) is 6. The van der Waals surface area contributed by atoms with Gasteiger partial charge in [0.15, 0.2) is 10.9 Å². The van der Waals surface area contributed by atoms with Crippen LogP contribution in [0.1, 0.15) is 24.2 Å². The molecule has 25 heavy (non-hydrogen) atoms. The minimum Gasteiger partial charge on any atom is -0.378 e. The number of aromatic nitrogens is 3. The monoisotopic (exact) mass is 360 g/mol. The van der Waals surface area contributed by atoms with Crippen molar-refractivity contribution in [2.75, 3.05) is 37.0 Å². The molecule has 1 aliphatic heterocycles. The van der Waals surface area contributed by atoms with E-state index in [1.165, 1.54) is 11.8 Å². The van der Waals surface area contributed by atoms with E-state index in [0.29, 0.717) is 24.9 Å². The Morgan fingerprint density at radius 2 is 1.92 bits per heavy atom. The number of hydrogen-bond donors (Lipinski definition) is 0. The fourth-order valence-corrected chi connectivity index (χ4v) is 3.58. The maximum Gasteiger partial charge on any atom is 0.228 e. The van der Waals surface area contributed by atoms with E-state index in [9.17, 15) is 4.79 Å². The second-order valence-corrected chi connectivity index (χ2v) is 7.41. The SMILES string of the molecule is CC(C)Cn1c(SCC(=O)c2ccccc2)nnc1N1CCOCC1. The van der Waals surface area contributed by atoms with E-state index in [1.807, 2.05) is 30.3 Å². The molecule has 6 nitrogen and oxygen atoms in total. The number of carbonyl (C=O) groups is 1. The molecule has 2 aromatic rings. The van der Waals surface area contributed by atoms with E-state index in [-0.39, 0.29) is 5.78 Å². The molecule has 0 saturated carbocycles. The van der Waals surface area contributed by atoms with Gasteiger partial charge in [-0.05, 0) is 5.92 Å². The zero-order valence-electron chi connectivity index (χ0n) is 14.7. The number of anilines is 1.